The molecule has 1 heteroatoms. The van der Waals surface area contributed by atoms with Crippen molar-refractivity contribution in [2.45, 2.75) is 53.4 Å². The van der Waals surface area contributed by atoms with Crippen molar-refractivity contribution in [2.24, 2.45) is 11.8 Å². The number of hydrogen-bond donors (Lipinski definition) is 1. The molecule has 0 spiro atoms. The lowest BCUT2D eigenvalue weighted by molar-refractivity contribution is 0.455. The van der Waals surface area contributed by atoms with Crippen molar-refractivity contribution >= 4 is 5.69 Å². The summed E-state index contributed by atoms with van der Waals surface area (Å²) < 4.78 is 0. The van der Waals surface area contributed by atoms with Crippen LogP contribution in [0.2, 0.25) is 0 Å². The van der Waals surface area contributed by atoms with Gasteiger partial charge in [-0.3, -0.25) is 0 Å². The quantitative estimate of drug-likeness (QED) is 0.765. The maximum absolute atomic E-state index is 3.62. The molecular formula is C17H29N. The highest BCUT2D eigenvalue weighted by Gasteiger charge is 2.17. The largest absolute Gasteiger partial charge is 0.385 e. The van der Waals surface area contributed by atoms with Crippen LogP contribution in [0.4, 0.5) is 5.69 Å². The Labute approximate surface area is 113 Å². The van der Waals surface area contributed by atoms with Gasteiger partial charge in [0.05, 0.1) is 0 Å². The fraction of sp³-hybridized carbons (Fsp3) is 0.647. The van der Waals surface area contributed by atoms with Crippen LogP contribution in [0.5, 0.6) is 0 Å². The lowest BCUT2D eigenvalue weighted by atomic mass is 9.85. The average Bonchev–Trinajstić information content (AvgIpc) is 2.24. The Balaban J connectivity index is 2.68. The van der Waals surface area contributed by atoms with Crippen molar-refractivity contribution in [2.75, 3.05) is 11.9 Å². The monoisotopic (exact) mass is 247 g/mol. The predicted molar refractivity (Wildman–Crippen MR) is 82.3 cm³/mol. The van der Waals surface area contributed by atoms with E-state index >= 15 is 0 Å². The molecule has 0 saturated carbocycles. The van der Waals surface area contributed by atoms with E-state index in [-0.39, 0.29) is 5.41 Å². The molecule has 0 aliphatic heterocycles. The van der Waals surface area contributed by atoms with Gasteiger partial charge in [0.25, 0.3) is 0 Å². The summed E-state index contributed by atoms with van der Waals surface area (Å²) in [5.41, 5.74) is 2.90. The first-order valence-electron chi connectivity index (χ1n) is 7.14. The zero-order valence-corrected chi connectivity index (χ0v) is 12.9. The molecule has 0 aliphatic rings. The van der Waals surface area contributed by atoms with E-state index in [2.05, 4.69) is 71.1 Å². The van der Waals surface area contributed by atoms with Crippen molar-refractivity contribution in [1.82, 2.24) is 0 Å². The average molecular weight is 247 g/mol. The second-order valence-corrected chi connectivity index (χ2v) is 6.91. The fourth-order valence-electron chi connectivity index (χ4n) is 2.46. The molecule has 1 nitrogen and oxygen atoms in total. The van der Waals surface area contributed by atoms with Gasteiger partial charge >= 0.3 is 0 Å². The van der Waals surface area contributed by atoms with E-state index < -0.39 is 0 Å². The summed E-state index contributed by atoms with van der Waals surface area (Å²) in [4.78, 5) is 0. The van der Waals surface area contributed by atoms with Crippen LogP contribution >= 0.6 is 0 Å². The molecule has 1 aromatic rings. The Bertz CT molecular complexity index is 360. The lowest BCUT2D eigenvalue weighted by Crippen LogP contribution is -2.18. The molecule has 0 saturated heterocycles. The summed E-state index contributed by atoms with van der Waals surface area (Å²) in [5, 5.41) is 3.62. The summed E-state index contributed by atoms with van der Waals surface area (Å²) in [6.07, 6.45) is 1.28. The van der Waals surface area contributed by atoms with Crippen LogP contribution in [0, 0.1) is 11.8 Å². The summed E-state index contributed by atoms with van der Waals surface area (Å²) in [6.45, 7) is 14.8. The van der Waals surface area contributed by atoms with Crippen LogP contribution in [-0.2, 0) is 5.41 Å². The van der Waals surface area contributed by atoms with Crippen molar-refractivity contribution < 1.29 is 0 Å². The van der Waals surface area contributed by atoms with Crippen LogP contribution in [0.25, 0.3) is 0 Å². The predicted octanol–water partition coefficient (Wildman–Crippen LogP) is 5.08. The summed E-state index contributed by atoms with van der Waals surface area (Å²) in [6, 6.07) is 8.67. The molecule has 1 atom stereocenters. The highest BCUT2D eigenvalue weighted by molar-refractivity contribution is 5.54. The zero-order chi connectivity index (χ0) is 13.8. The normalized spacial score (nSPS) is 13.7. The minimum atomic E-state index is 0.199. The Morgan fingerprint density at radius 1 is 1.06 bits per heavy atom. The Kier molecular flexibility index (Phi) is 5.25. The standard InChI is InChI=1S/C17H29N/c1-13(2)11-14(3)12-18-16-10-8-7-9-15(16)17(4,5)6/h7-10,13-14,18H,11-12H2,1-6H3. The Hall–Kier alpha value is -0.980. The van der Waals surface area contributed by atoms with Crippen molar-refractivity contribution in [3.63, 3.8) is 0 Å². The third-order valence-corrected chi connectivity index (χ3v) is 3.25. The molecule has 0 radical (unpaired) electrons. The van der Waals surface area contributed by atoms with Crippen molar-refractivity contribution in [3.8, 4) is 0 Å². The molecule has 1 aromatic carbocycles. The maximum Gasteiger partial charge on any atom is 0.0378 e. The molecule has 0 aromatic heterocycles. The van der Waals surface area contributed by atoms with Crippen LogP contribution < -0.4 is 5.32 Å². The first-order chi connectivity index (χ1) is 8.30. The van der Waals surface area contributed by atoms with Crippen molar-refractivity contribution in [1.29, 1.82) is 0 Å². The third kappa shape index (κ3) is 4.72. The van der Waals surface area contributed by atoms with E-state index in [0.717, 1.165) is 18.4 Å². The summed E-state index contributed by atoms with van der Waals surface area (Å²) >= 11 is 0. The number of rotatable bonds is 5. The molecule has 1 rings (SSSR count). The zero-order valence-electron chi connectivity index (χ0n) is 12.9. The number of hydrogen-bond acceptors (Lipinski definition) is 1. The van der Waals surface area contributed by atoms with E-state index in [0.29, 0.717) is 0 Å². The second kappa shape index (κ2) is 6.26. The van der Waals surface area contributed by atoms with Gasteiger partial charge in [-0.2, -0.15) is 0 Å². The molecule has 0 fully saturated rings. The van der Waals surface area contributed by atoms with Gasteiger partial charge in [-0.25, -0.2) is 0 Å². The second-order valence-electron chi connectivity index (χ2n) is 6.91. The van der Waals surface area contributed by atoms with Crippen LogP contribution in [0.15, 0.2) is 24.3 Å². The molecule has 1 N–H and O–H groups in total. The smallest absolute Gasteiger partial charge is 0.0378 e. The van der Waals surface area contributed by atoms with Gasteiger partial charge in [-0.15, -0.1) is 0 Å². The minimum absolute atomic E-state index is 0.199. The molecule has 0 aliphatic carbocycles. The molecule has 1 unspecified atom stereocenters. The summed E-state index contributed by atoms with van der Waals surface area (Å²) in [7, 11) is 0. The van der Waals surface area contributed by atoms with E-state index in [1.54, 1.807) is 0 Å². The third-order valence-electron chi connectivity index (χ3n) is 3.25. The molecule has 0 heterocycles. The van der Waals surface area contributed by atoms with Gasteiger partial charge in [0.2, 0.25) is 0 Å². The maximum atomic E-state index is 3.62. The van der Waals surface area contributed by atoms with Gasteiger partial charge in [-0.05, 0) is 35.3 Å². The highest BCUT2D eigenvalue weighted by Crippen LogP contribution is 2.29. The Morgan fingerprint density at radius 2 is 1.67 bits per heavy atom. The topological polar surface area (TPSA) is 12.0 Å². The van der Waals surface area contributed by atoms with E-state index in [9.17, 15) is 0 Å². The SMILES string of the molecule is CC(C)CC(C)CNc1ccccc1C(C)(C)C. The fourth-order valence-corrected chi connectivity index (χ4v) is 2.46. The number of benzene rings is 1. The molecule has 0 amide bonds. The van der Waals surface area contributed by atoms with Crippen LogP contribution in [0.3, 0.4) is 0 Å². The molecular weight excluding hydrogens is 218 g/mol. The Morgan fingerprint density at radius 3 is 2.22 bits per heavy atom. The first kappa shape index (κ1) is 15.1. The molecule has 102 valence electrons. The molecule has 0 bridgehead atoms. The lowest BCUT2D eigenvalue weighted by Gasteiger charge is -2.24. The van der Waals surface area contributed by atoms with Gasteiger partial charge < -0.3 is 5.32 Å². The van der Waals surface area contributed by atoms with Crippen molar-refractivity contribution in [3.05, 3.63) is 29.8 Å². The number of anilines is 1. The van der Waals surface area contributed by atoms with E-state index in [4.69, 9.17) is 0 Å². The van der Waals surface area contributed by atoms with Gasteiger partial charge in [0, 0.05) is 12.2 Å². The first-order valence-corrected chi connectivity index (χ1v) is 7.14. The van der Waals surface area contributed by atoms with Gasteiger partial charge in [0.1, 0.15) is 0 Å². The van der Waals surface area contributed by atoms with E-state index in [1.807, 2.05) is 0 Å². The highest BCUT2D eigenvalue weighted by atomic mass is 14.9. The van der Waals surface area contributed by atoms with Crippen LogP contribution in [-0.4, -0.2) is 6.54 Å². The van der Waals surface area contributed by atoms with Gasteiger partial charge in [0.15, 0.2) is 0 Å². The van der Waals surface area contributed by atoms with Crippen LogP contribution in [0.1, 0.15) is 53.5 Å². The minimum Gasteiger partial charge on any atom is -0.385 e. The summed E-state index contributed by atoms with van der Waals surface area (Å²) in [5.74, 6) is 1.50. The van der Waals surface area contributed by atoms with E-state index in [1.165, 1.54) is 17.7 Å². The number of nitrogens with one attached hydrogen (secondary N) is 1. The molecule has 18 heavy (non-hydrogen) atoms. The van der Waals surface area contributed by atoms with Gasteiger partial charge in [-0.1, -0.05) is 59.7 Å². The number of para-hydroxylation sites is 1.